The van der Waals surface area contributed by atoms with Gasteiger partial charge in [0, 0.05) is 44.8 Å². The average Bonchev–Trinajstić information content (AvgIpc) is 2.86. The Morgan fingerprint density at radius 1 is 1.30 bits per heavy atom. The number of sulfonamides is 1. The third kappa shape index (κ3) is 4.33. The van der Waals surface area contributed by atoms with Crippen LogP contribution in [0.3, 0.4) is 0 Å². The summed E-state index contributed by atoms with van der Waals surface area (Å²) in [5, 5.41) is 0. The molecular weight excluding hydrogens is 312 g/mol. The Labute approximate surface area is 139 Å². The predicted molar refractivity (Wildman–Crippen MR) is 90.5 cm³/mol. The molecule has 7 heteroatoms. The maximum absolute atomic E-state index is 11.5. The zero-order valence-corrected chi connectivity index (χ0v) is 15.0. The second kappa shape index (κ2) is 6.91. The second-order valence-electron chi connectivity index (χ2n) is 7.16. The quantitative estimate of drug-likeness (QED) is 0.877. The van der Waals surface area contributed by atoms with Crippen LogP contribution in [-0.2, 0) is 30.0 Å². The fourth-order valence-electron chi connectivity index (χ4n) is 3.94. The largest absolute Gasteiger partial charge is 0.337 e. The maximum atomic E-state index is 11.5. The molecule has 1 atom stereocenters. The van der Waals surface area contributed by atoms with Crippen LogP contribution in [0.4, 0.5) is 0 Å². The highest BCUT2D eigenvalue weighted by Gasteiger charge is 2.31. The van der Waals surface area contributed by atoms with Crippen LogP contribution in [-0.4, -0.2) is 48.3 Å². The maximum Gasteiger partial charge on any atom is 0.208 e. The van der Waals surface area contributed by atoms with Crippen LogP contribution < -0.4 is 4.72 Å². The Hall–Kier alpha value is -0.920. The summed E-state index contributed by atoms with van der Waals surface area (Å²) in [6.07, 6.45) is 10.6. The van der Waals surface area contributed by atoms with Gasteiger partial charge in [-0.15, -0.1) is 0 Å². The summed E-state index contributed by atoms with van der Waals surface area (Å²) in [6, 6.07) is 0.217. The van der Waals surface area contributed by atoms with Crippen molar-refractivity contribution >= 4 is 10.0 Å². The highest BCUT2D eigenvalue weighted by atomic mass is 32.2. The molecule has 1 aliphatic carbocycles. The van der Waals surface area contributed by atoms with E-state index >= 15 is 0 Å². The summed E-state index contributed by atoms with van der Waals surface area (Å²) in [7, 11) is -1.14. The van der Waals surface area contributed by atoms with Gasteiger partial charge in [-0.1, -0.05) is 19.3 Å². The van der Waals surface area contributed by atoms with Gasteiger partial charge < -0.3 is 4.57 Å². The van der Waals surface area contributed by atoms with E-state index in [-0.39, 0.29) is 6.04 Å². The van der Waals surface area contributed by atoms with Gasteiger partial charge in [0.05, 0.1) is 18.3 Å². The number of fused-ring (bicyclic) bond motifs is 1. The first-order valence-corrected chi connectivity index (χ1v) is 10.5. The zero-order valence-electron chi connectivity index (χ0n) is 14.2. The van der Waals surface area contributed by atoms with Crippen LogP contribution in [0, 0.1) is 5.92 Å². The van der Waals surface area contributed by atoms with Gasteiger partial charge in [0.1, 0.15) is 0 Å². The van der Waals surface area contributed by atoms with Gasteiger partial charge in [0.15, 0.2) is 0 Å². The third-order valence-electron chi connectivity index (χ3n) is 5.24. The predicted octanol–water partition coefficient (Wildman–Crippen LogP) is 1.28. The number of rotatable bonds is 5. The molecule has 0 aromatic carbocycles. The SMILES string of the molecule is Cn1cnc2c1C[C@H](CNS(C)(=O)=O)N(CC1CCCCC1)C2. The molecular formula is C16H28N4O2S. The normalized spacial score (nSPS) is 23.8. The standard InChI is InChI=1S/C16H28N4O2S/c1-19-12-17-15-11-20(10-13-6-4-3-5-7-13)14(8-16(15)19)9-18-23(2,21)22/h12-14,18H,3-11H2,1-2H3/t14-/m1/s1. The molecule has 0 unspecified atom stereocenters. The lowest BCUT2D eigenvalue weighted by Gasteiger charge is -2.38. The highest BCUT2D eigenvalue weighted by Crippen LogP contribution is 2.28. The van der Waals surface area contributed by atoms with E-state index in [0.29, 0.717) is 6.54 Å². The van der Waals surface area contributed by atoms with Crippen LogP contribution >= 0.6 is 0 Å². The van der Waals surface area contributed by atoms with Crippen molar-refractivity contribution in [2.75, 3.05) is 19.3 Å². The molecule has 3 rings (SSSR count). The molecule has 0 bridgehead atoms. The number of nitrogens with one attached hydrogen (secondary N) is 1. The van der Waals surface area contributed by atoms with E-state index in [1.807, 2.05) is 13.4 Å². The Kier molecular flexibility index (Phi) is 5.08. The molecule has 1 aromatic rings. The number of aromatic nitrogens is 2. The second-order valence-corrected chi connectivity index (χ2v) is 8.99. The van der Waals surface area contributed by atoms with Crippen molar-refractivity contribution in [3.8, 4) is 0 Å². The van der Waals surface area contributed by atoms with Crippen LogP contribution in [0.5, 0.6) is 0 Å². The van der Waals surface area contributed by atoms with Gasteiger partial charge in [-0.3, -0.25) is 4.90 Å². The van der Waals surface area contributed by atoms with Crippen molar-refractivity contribution in [2.24, 2.45) is 13.0 Å². The molecule has 0 radical (unpaired) electrons. The van der Waals surface area contributed by atoms with E-state index in [9.17, 15) is 8.42 Å². The van der Waals surface area contributed by atoms with Gasteiger partial charge in [-0.05, 0) is 18.8 Å². The van der Waals surface area contributed by atoms with Gasteiger partial charge >= 0.3 is 0 Å². The van der Waals surface area contributed by atoms with Crippen molar-refractivity contribution < 1.29 is 8.42 Å². The molecule has 1 N–H and O–H groups in total. The molecule has 0 saturated heterocycles. The molecule has 130 valence electrons. The average molecular weight is 340 g/mol. The lowest BCUT2D eigenvalue weighted by atomic mass is 9.88. The number of aryl methyl sites for hydroxylation is 1. The summed E-state index contributed by atoms with van der Waals surface area (Å²) in [5.74, 6) is 0.745. The molecule has 23 heavy (non-hydrogen) atoms. The van der Waals surface area contributed by atoms with Crippen molar-refractivity contribution in [1.29, 1.82) is 0 Å². The first-order valence-electron chi connectivity index (χ1n) is 8.60. The van der Waals surface area contributed by atoms with E-state index < -0.39 is 10.0 Å². The van der Waals surface area contributed by atoms with Crippen molar-refractivity contribution in [2.45, 2.75) is 51.1 Å². The van der Waals surface area contributed by atoms with Gasteiger partial charge in [-0.2, -0.15) is 0 Å². The minimum Gasteiger partial charge on any atom is -0.337 e. The summed E-state index contributed by atoms with van der Waals surface area (Å²) >= 11 is 0. The van der Waals surface area contributed by atoms with Gasteiger partial charge in [0.2, 0.25) is 10.0 Å². The van der Waals surface area contributed by atoms with E-state index in [0.717, 1.165) is 31.1 Å². The molecule has 1 fully saturated rings. The molecule has 2 aliphatic rings. The summed E-state index contributed by atoms with van der Waals surface area (Å²) in [4.78, 5) is 6.97. The zero-order chi connectivity index (χ0) is 16.4. The summed E-state index contributed by atoms with van der Waals surface area (Å²) in [5.41, 5.74) is 2.39. The topological polar surface area (TPSA) is 67.2 Å². The smallest absolute Gasteiger partial charge is 0.208 e. The lowest BCUT2D eigenvalue weighted by Crippen LogP contribution is -2.49. The lowest BCUT2D eigenvalue weighted by molar-refractivity contribution is 0.127. The number of hydrogen-bond acceptors (Lipinski definition) is 4. The number of nitrogens with zero attached hydrogens (tertiary/aromatic N) is 3. The van der Waals surface area contributed by atoms with E-state index in [2.05, 4.69) is 19.2 Å². The van der Waals surface area contributed by atoms with Crippen molar-refractivity contribution in [3.05, 3.63) is 17.7 Å². The Bertz CT molecular complexity index is 635. The van der Waals surface area contributed by atoms with Gasteiger partial charge in [0.25, 0.3) is 0 Å². The Morgan fingerprint density at radius 2 is 2.04 bits per heavy atom. The van der Waals surface area contributed by atoms with Crippen LogP contribution in [0.25, 0.3) is 0 Å². The monoisotopic (exact) mass is 340 g/mol. The number of imidazole rings is 1. The third-order valence-corrected chi connectivity index (χ3v) is 5.93. The van der Waals surface area contributed by atoms with Crippen LogP contribution in [0.1, 0.15) is 43.5 Å². The molecule has 1 aromatic heterocycles. The first-order chi connectivity index (χ1) is 10.9. The molecule has 0 amide bonds. The summed E-state index contributed by atoms with van der Waals surface area (Å²) in [6.45, 7) is 2.38. The molecule has 2 heterocycles. The number of hydrogen-bond donors (Lipinski definition) is 1. The van der Waals surface area contributed by atoms with Crippen LogP contribution in [0.15, 0.2) is 6.33 Å². The van der Waals surface area contributed by atoms with E-state index in [1.54, 1.807) is 0 Å². The summed E-state index contributed by atoms with van der Waals surface area (Å²) < 4.78 is 27.7. The molecule has 0 spiro atoms. The molecule has 1 saturated carbocycles. The van der Waals surface area contributed by atoms with Crippen molar-refractivity contribution in [3.63, 3.8) is 0 Å². The van der Waals surface area contributed by atoms with Crippen LogP contribution in [0.2, 0.25) is 0 Å². The van der Waals surface area contributed by atoms with E-state index in [1.165, 1.54) is 44.1 Å². The van der Waals surface area contributed by atoms with Crippen molar-refractivity contribution in [1.82, 2.24) is 19.2 Å². The fraction of sp³-hybridized carbons (Fsp3) is 0.812. The Balaban J connectivity index is 1.72. The fourth-order valence-corrected chi connectivity index (χ4v) is 4.43. The first kappa shape index (κ1) is 16.9. The minimum absolute atomic E-state index is 0.217. The molecule has 1 aliphatic heterocycles. The highest BCUT2D eigenvalue weighted by molar-refractivity contribution is 7.88. The Morgan fingerprint density at radius 3 is 2.74 bits per heavy atom. The van der Waals surface area contributed by atoms with E-state index in [4.69, 9.17) is 0 Å². The minimum atomic E-state index is -3.15. The molecule has 6 nitrogen and oxygen atoms in total. The van der Waals surface area contributed by atoms with Gasteiger partial charge in [-0.25, -0.2) is 18.1 Å².